The van der Waals surface area contributed by atoms with Crippen molar-refractivity contribution in [2.24, 2.45) is 5.73 Å². The van der Waals surface area contributed by atoms with E-state index in [1.165, 1.54) is 0 Å². The van der Waals surface area contributed by atoms with Crippen LogP contribution in [0, 0.1) is 0 Å². The lowest BCUT2D eigenvalue weighted by atomic mass is 10.1. The van der Waals surface area contributed by atoms with Crippen LogP contribution >= 0.6 is 23.2 Å². The molecule has 4 heteroatoms. The molecule has 0 aromatic heterocycles. The Balaban J connectivity index is 0. The highest BCUT2D eigenvalue weighted by Crippen LogP contribution is 2.22. The average Bonchev–Trinajstić information content (AvgIpc) is 2.38. The number of benzene rings is 1. The lowest BCUT2D eigenvalue weighted by Crippen LogP contribution is -2.23. The number of hydrogen-bond acceptors (Lipinski definition) is 2. The molecule has 0 amide bonds. The lowest BCUT2D eigenvalue weighted by molar-refractivity contribution is -0.108. The molecule has 0 fully saturated rings. The van der Waals surface area contributed by atoms with Crippen LogP contribution in [0.1, 0.15) is 33.3 Å². The van der Waals surface area contributed by atoms with Crippen molar-refractivity contribution in [3.63, 3.8) is 0 Å². The van der Waals surface area contributed by atoms with Crippen LogP contribution in [0.5, 0.6) is 0 Å². The van der Waals surface area contributed by atoms with Gasteiger partial charge in [-0.25, -0.2) is 0 Å². The Kier molecular flexibility index (Phi) is 13.2. The highest BCUT2D eigenvalue weighted by atomic mass is 35.5. The highest BCUT2D eigenvalue weighted by Gasteiger charge is 2.04. The van der Waals surface area contributed by atoms with E-state index in [-0.39, 0.29) is 0 Å². The zero-order chi connectivity index (χ0) is 13.8. The second-order valence-electron chi connectivity index (χ2n) is 2.75. The Bertz CT molecular complexity index is 316. The first kappa shape index (κ1) is 18.8. The van der Waals surface area contributed by atoms with Crippen molar-refractivity contribution in [1.29, 1.82) is 0 Å². The maximum atomic E-state index is 10.3. The molecule has 1 rings (SSSR count). The van der Waals surface area contributed by atoms with E-state index in [2.05, 4.69) is 0 Å². The summed E-state index contributed by atoms with van der Waals surface area (Å²) in [5.41, 5.74) is 6.36. The van der Waals surface area contributed by atoms with Crippen LogP contribution in [0.2, 0.25) is 10.0 Å². The van der Waals surface area contributed by atoms with Crippen molar-refractivity contribution < 1.29 is 4.79 Å². The Morgan fingerprint density at radius 2 is 1.71 bits per heavy atom. The van der Waals surface area contributed by atoms with Crippen LogP contribution in [0.4, 0.5) is 0 Å². The summed E-state index contributed by atoms with van der Waals surface area (Å²) in [6.45, 7) is 8.00. The molecule has 0 saturated carbocycles. The van der Waals surface area contributed by atoms with Gasteiger partial charge in [0.05, 0.1) is 16.1 Å². The molecular weight excluding hydrogens is 257 g/mol. The van der Waals surface area contributed by atoms with Crippen LogP contribution in [0.3, 0.4) is 0 Å². The summed E-state index contributed by atoms with van der Waals surface area (Å²) in [5.74, 6) is 0. The van der Waals surface area contributed by atoms with E-state index in [1.807, 2.05) is 27.7 Å². The molecule has 0 bridgehead atoms. The molecule has 2 N–H and O–H groups in total. The van der Waals surface area contributed by atoms with Crippen LogP contribution in [-0.4, -0.2) is 12.3 Å². The third kappa shape index (κ3) is 8.19. The molecule has 17 heavy (non-hydrogen) atoms. The number of halogens is 2. The topological polar surface area (TPSA) is 43.1 Å². The van der Waals surface area contributed by atoms with Gasteiger partial charge in [0.25, 0.3) is 0 Å². The molecule has 0 heterocycles. The minimum absolute atomic E-state index is 0.475. The predicted octanol–water partition coefficient (Wildman–Crippen LogP) is 4.11. The second kappa shape index (κ2) is 11.9. The van der Waals surface area contributed by atoms with Crippen LogP contribution < -0.4 is 5.73 Å². The van der Waals surface area contributed by atoms with Gasteiger partial charge in [-0.15, -0.1) is 0 Å². The Morgan fingerprint density at radius 3 is 2.12 bits per heavy atom. The number of hydrogen-bond donors (Lipinski definition) is 1. The maximum absolute atomic E-state index is 10.3. The minimum Gasteiger partial charge on any atom is -0.321 e. The van der Waals surface area contributed by atoms with Gasteiger partial charge in [0.1, 0.15) is 6.29 Å². The van der Waals surface area contributed by atoms with Crippen molar-refractivity contribution >= 4 is 29.5 Å². The van der Waals surface area contributed by atoms with Crippen molar-refractivity contribution in [3.05, 3.63) is 33.8 Å². The molecule has 1 unspecified atom stereocenters. The Labute approximate surface area is 114 Å². The number of carbonyl (C=O) groups is 1. The highest BCUT2D eigenvalue weighted by molar-refractivity contribution is 6.42. The number of nitrogens with two attached hydrogens (primary N) is 1. The van der Waals surface area contributed by atoms with E-state index in [9.17, 15) is 4.79 Å². The number of rotatable bonds is 3. The fraction of sp³-hybridized carbons (Fsp3) is 0.462. The second-order valence-corrected chi connectivity index (χ2v) is 3.57. The molecule has 1 atom stereocenters. The molecule has 0 aliphatic rings. The first-order chi connectivity index (χ1) is 8.13. The van der Waals surface area contributed by atoms with E-state index in [4.69, 9.17) is 28.9 Å². The molecule has 1 aromatic carbocycles. The Morgan fingerprint density at radius 1 is 1.18 bits per heavy atom. The minimum atomic E-state index is -0.475. The molecule has 98 valence electrons. The van der Waals surface area contributed by atoms with Gasteiger partial charge in [-0.1, -0.05) is 57.0 Å². The molecule has 1 aromatic rings. The normalized spacial score (nSPS) is 10.3. The van der Waals surface area contributed by atoms with E-state index in [1.54, 1.807) is 18.2 Å². The first-order valence-electron chi connectivity index (χ1n) is 5.78. The Hall–Kier alpha value is -0.570. The van der Waals surface area contributed by atoms with E-state index < -0.39 is 6.04 Å². The van der Waals surface area contributed by atoms with Gasteiger partial charge >= 0.3 is 0 Å². The zero-order valence-electron chi connectivity index (χ0n) is 10.8. The number of carbonyl (C=O) groups excluding carboxylic acids is 1. The molecule has 0 saturated heterocycles. The summed E-state index contributed by atoms with van der Waals surface area (Å²) in [4.78, 5) is 10.3. The van der Waals surface area contributed by atoms with Crippen LogP contribution in [0.25, 0.3) is 0 Å². The molecule has 2 nitrogen and oxygen atoms in total. The van der Waals surface area contributed by atoms with Crippen LogP contribution in [0.15, 0.2) is 18.2 Å². The molecule has 0 spiro atoms. The lowest BCUT2D eigenvalue weighted by Gasteiger charge is -2.04. The van der Waals surface area contributed by atoms with Crippen molar-refractivity contribution in [2.45, 2.75) is 40.2 Å². The van der Waals surface area contributed by atoms with Gasteiger partial charge in [0.15, 0.2) is 0 Å². The van der Waals surface area contributed by atoms with Gasteiger partial charge in [-0.3, -0.25) is 0 Å². The quantitative estimate of drug-likeness (QED) is 0.845. The van der Waals surface area contributed by atoms with Crippen molar-refractivity contribution in [2.75, 3.05) is 0 Å². The van der Waals surface area contributed by atoms with Gasteiger partial charge < -0.3 is 10.5 Å². The standard InChI is InChI=1S/C9H9Cl2NO.2C2H6/c10-8-2-1-6(4-9(8)11)3-7(12)5-13;2*1-2/h1-2,4-5,7H,3,12H2;2*1-2H3. The molecular formula is C13H21Cl2NO. The maximum Gasteiger partial charge on any atom is 0.137 e. The summed E-state index contributed by atoms with van der Waals surface area (Å²) in [7, 11) is 0. The zero-order valence-corrected chi connectivity index (χ0v) is 12.3. The van der Waals surface area contributed by atoms with Gasteiger partial charge in [0.2, 0.25) is 0 Å². The molecule has 0 radical (unpaired) electrons. The van der Waals surface area contributed by atoms with E-state index in [0.29, 0.717) is 22.8 Å². The van der Waals surface area contributed by atoms with Gasteiger partial charge in [-0.05, 0) is 24.1 Å². The molecule has 0 aliphatic heterocycles. The smallest absolute Gasteiger partial charge is 0.137 e. The largest absolute Gasteiger partial charge is 0.321 e. The summed E-state index contributed by atoms with van der Waals surface area (Å²) in [6, 6.07) is 4.74. The summed E-state index contributed by atoms with van der Waals surface area (Å²) in [6.07, 6.45) is 1.20. The van der Waals surface area contributed by atoms with Crippen molar-refractivity contribution in [1.82, 2.24) is 0 Å². The fourth-order valence-electron chi connectivity index (χ4n) is 0.987. The third-order valence-electron chi connectivity index (χ3n) is 1.63. The monoisotopic (exact) mass is 277 g/mol. The summed E-state index contributed by atoms with van der Waals surface area (Å²) >= 11 is 11.5. The SMILES string of the molecule is CC.CC.NC(C=O)Cc1ccc(Cl)c(Cl)c1. The molecule has 0 aliphatic carbocycles. The fourth-order valence-corrected chi connectivity index (χ4v) is 1.31. The van der Waals surface area contributed by atoms with E-state index in [0.717, 1.165) is 5.56 Å². The van der Waals surface area contributed by atoms with Gasteiger partial charge in [0, 0.05) is 0 Å². The van der Waals surface area contributed by atoms with Crippen LogP contribution in [-0.2, 0) is 11.2 Å². The summed E-state index contributed by atoms with van der Waals surface area (Å²) < 4.78 is 0. The third-order valence-corrected chi connectivity index (χ3v) is 2.37. The summed E-state index contributed by atoms with van der Waals surface area (Å²) in [5, 5.41) is 0.988. The predicted molar refractivity (Wildman–Crippen MR) is 76.9 cm³/mol. The average molecular weight is 278 g/mol. The van der Waals surface area contributed by atoms with E-state index >= 15 is 0 Å². The first-order valence-corrected chi connectivity index (χ1v) is 6.54. The van der Waals surface area contributed by atoms with Gasteiger partial charge in [-0.2, -0.15) is 0 Å². The number of aldehydes is 1. The van der Waals surface area contributed by atoms with Crippen molar-refractivity contribution in [3.8, 4) is 0 Å².